The van der Waals surface area contributed by atoms with Crippen LogP contribution in [0.4, 0.5) is 0 Å². The van der Waals surface area contributed by atoms with Gasteiger partial charge in [-0.15, -0.1) is 0 Å². The molecule has 5 heteroatoms. The fourth-order valence-electron chi connectivity index (χ4n) is 4.09. The number of piperidine rings is 1. The van der Waals surface area contributed by atoms with Crippen molar-refractivity contribution >= 4 is 11.6 Å². The maximum Gasteiger partial charge on any atom is 0.253 e. The Hall–Kier alpha value is -2.82. The van der Waals surface area contributed by atoms with E-state index in [1.54, 1.807) is 0 Å². The van der Waals surface area contributed by atoms with Crippen LogP contribution in [-0.2, 0) is 6.61 Å². The van der Waals surface area contributed by atoms with Gasteiger partial charge in [0, 0.05) is 31.0 Å². The zero-order valence-electron chi connectivity index (χ0n) is 16.8. The Balaban J connectivity index is 1.39. The molecule has 146 valence electrons. The Morgan fingerprint density at radius 3 is 2.50 bits per heavy atom. The zero-order valence-corrected chi connectivity index (χ0v) is 16.8. The molecular weight excluding hydrogens is 350 g/mol. The summed E-state index contributed by atoms with van der Waals surface area (Å²) in [5.41, 5.74) is 3.70. The van der Waals surface area contributed by atoms with Crippen molar-refractivity contribution in [3.8, 4) is 5.75 Å². The van der Waals surface area contributed by atoms with Crippen LogP contribution in [-0.4, -0.2) is 33.3 Å². The van der Waals surface area contributed by atoms with Crippen LogP contribution < -0.4 is 4.74 Å². The van der Waals surface area contributed by atoms with Gasteiger partial charge in [-0.2, -0.15) is 0 Å². The molecule has 2 aromatic heterocycles. The Kier molecular flexibility index (Phi) is 5.07. The minimum absolute atomic E-state index is 0.112. The Morgan fingerprint density at radius 2 is 1.79 bits per heavy atom. The molecule has 0 bridgehead atoms. The van der Waals surface area contributed by atoms with Gasteiger partial charge in [0.1, 0.15) is 18.0 Å². The number of aromatic nitrogens is 2. The van der Waals surface area contributed by atoms with E-state index in [1.165, 1.54) is 12.0 Å². The summed E-state index contributed by atoms with van der Waals surface area (Å²) in [4.78, 5) is 19.3. The van der Waals surface area contributed by atoms with E-state index in [9.17, 15) is 4.79 Å². The summed E-state index contributed by atoms with van der Waals surface area (Å²) < 4.78 is 7.88. The molecule has 0 unspecified atom stereocenters. The quantitative estimate of drug-likeness (QED) is 0.679. The highest BCUT2D eigenvalue weighted by Crippen LogP contribution is 2.23. The second-order valence-electron chi connectivity index (χ2n) is 8.17. The third-order valence-electron chi connectivity index (χ3n) is 5.29. The Morgan fingerprint density at radius 1 is 1.07 bits per heavy atom. The average Bonchev–Trinajstić information content (AvgIpc) is 3.07. The van der Waals surface area contributed by atoms with Gasteiger partial charge in [0.15, 0.2) is 0 Å². The van der Waals surface area contributed by atoms with Gasteiger partial charge in [0.25, 0.3) is 5.91 Å². The second kappa shape index (κ2) is 7.66. The predicted molar refractivity (Wildman–Crippen MR) is 110 cm³/mol. The van der Waals surface area contributed by atoms with Crippen molar-refractivity contribution in [2.75, 3.05) is 13.1 Å². The molecule has 1 aliphatic rings. The molecule has 5 nitrogen and oxygen atoms in total. The lowest BCUT2D eigenvalue weighted by Crippen LogP contribution is -2.42. The van der Waals surface area contributed by atoms with Crippen LogP contribution in [0.15, 0.2) is 48.8 Å². The van der Waals surface area contributed by atoms with Crippen LogP contribution in [0, 0.1) is 18.8 Å². The molecule has 0 N–H and O–H groups in total. The fraction of sp³-hybridized carbons (Fsp3) is 0.391. The van der Waals surface area contributed by atoms with Crippen molar-refractivity contribution in [3.63, 3.8) is 0 Å². The highest BCUT2D eigenvalue weighted by Gasteiger charge is 2.26. The molecule has 3 aromatic rings. The van der Waals surface area contributed by atoms with Crippen molar-refractivity contribution in [2.45, 2.75) is 33.8 Å². The van der Waals surface area contributed by atoms with E-state index < -0.39 is 0 Å². The number of hydrogen-bond donors (Lipinski definition) is 0. The van der Waals surface area contributed by atoms with E-state index in [1.807, 2.05) is 51.9 Å². The molecular formula is C23H27N3O2. The number of carbonyl (C=O) groups is 1. The average molecular weight is 377 g/mol. The van der Waals surface area contributed by atoms with Crippen molar-refractivity contribution in [1.29, 1.82) is 0 Å². The van der Waals surface area contributed by atoms with Gasteiger partial charge in [-0.05, 0) is 61.1 Å². The standard InChI is InChI=1S/C23H27N3O2/c1-16-4-9-22-24-20(14-25(22)11-16)15-28-21-7-5-19(6-8-21)23(27)26-12-17(2)10-18(3)13-26/h4-9,11,14,17-18H,10,12-13,15H2,1-3H3/t17-,18-/m0/s1. The number of amides is 1. The molecule has 4 rings (SSSR count). The monoisotopic (exact) mass is 377 g/mol. The number of carbonyl (C=O) groups excluding carboxylic acids is 1. The maximum atomic E-state index is 12.8. The van der Waals surface area contributed by atoms with E-state index >= 15 is 0 Å². The number of likely N-dealkylation sites (tertiary alicyclic amines) is 1. The number of imidazole rings is 1. The molecule has 1 saturated heterocycles. The van der Waals surface area contributed by atoms with Crippen molar-refractivity contribution in [1.82, 2.24) is 14.3 Å². The van der Waals surface area contributed by atoms with Gasteiger partial charge in [0.2, 0.25) is 0 Å². The molecule has 0 aliphatic carbocycles. The SMILES string of the molecule is Cc1ccc2nc(COc3ccc(C(=O)N4C[C@@H](C)C[C@H](C)C4)cc3)cn2c1. The van der Waals surface area contributed by atoms with Crippen LogP contribution in [0.1, 0.15) is 41.9 Å². The normalized spacial score (nSPS) is 19.8. The highest BCUT2D eigenvalue weighted by molar-refractivity contribution is 5.94. The number of aryl methyl sites for hydroxylation is 1. The first-order valence-corrected chi connectivity index (χ1v) is 9.94. The molecule has 0 spiro atoms. The summed E-state index contributed by atoms with van der Waals surface area (Å²) in [6.07, 6.45) is 5.23. The predicted octanol–water partition coefficient (Wildman–Crippen LogP) is 4.34. The molecule has 1 aliphatic heterocycles. The molecule has 1 amide bonds. The topological polar surface area (TPSA) is 46.8 Å². The molecule has 0 radical (unpaired) electrons. The van der Waals surface area contributed by atoms with Gasteiger partial charge < -0.3 is 14.0 Å². The van der Waals surface area contributed by atoms with E-state index in [0.29, 0.717) is 18.4 Å². The zero-order chi connectivity index (χ0) is 19.7. The number of nitrogens with zero attached hydrogens (tertiary/aromatic N) is 3. The lowest BCUT2D eigenvalue weighted by Gasteiger charge is -2.35. The van der Waals surface area contributed by atoms with E-state index in [2.05, 4.69) is 32.0 Å². The number of rotatable bonds is 4. The van der Waals surface area contributed by atoms with Crippen molar-refractivity contribution in [2.24, 2.45) is 11.8 Å². The minimum atomic E-state index is 0.112. The third kappa shape index (κ3) is 4.03. The Bertz CT molecular complexity index is 967. The van der Waals surface area contributed by atoms with E-state index in [-0.39, 0.29) is 5.91 Å². The smallest absolute Gasteiger partial charge is 0.253 e. The first kappa shape index (κ1) is 18.5. The summed E-state index contributed by atoms with van der Waals surface area (Å²) >= 11 is 0. The minimum Gasteiger partial charge on any atom is -0.487 e. The number of pyridine rings is 1. The van der Waals surface area contributed by atoms with Crippen molar-refractivity contribution in [3.05, 3.63) is 65.6 Å². The highest BCUT2D eigenvalue weighted by atomic mass is 16.5. The summed E-state index contributed by atoms with van der Waals surface area (Å²) in [7, 11) is 0. The van der Waals surface area contributed by atoms with E-state index in [4.69, 9.17) is 4.74 Å². The van der Waals surface area contributed by atoms with Gasteiger partial charge in [0.05, 0.1) is 5.69 Å². The van der Waals surface area contributed by atoms with Crippen molar-refractivity contribution < 1.29 is 9.53 Å². The van der Waals surface area contributed by atoms with Crippen LogP contribution in [0.5, 0.6) is 5.75 Å². The molecule has 1 fully saturated rings. The molecule has 0 saturated carbocycles. The van der Waals surface area contributed by atoms with Crippen LogP contribution >= 0.6 is 0 Å². The summed E-state index contributed by atoms with van der Waals surface area (Å²) in [6, 6.07) is 11.5. The fourth-order valence-corrected chi connectivity index (χ4v) is 4.09. The lowest BCUT2D eigenvalue weighted by atomic mass is 9.91. The first-order chi connectivity index (χ1) is 13.5. The third-order valence-corrected chi connectivity index (χ3v) is 5.29. The van der Waals surface area contributed by atoms with Crippen LogP contribution in [0.3, 0.4) is 0 Å². The molecule has 2 atom stereocenters. The van der Waals surface area contributed by atoms with Gasteiger partial charge >= 0.3 is 0 Å². The molecule has 28 heavy (non-hydrogen) atoms. The lowest BCUT2D eigenvalue weighted by molar-refractivity contribution is 0.0623. The van der Waals surface area contributed by atoms with Gasteiger partial charge in [-0.25, -0.2) is 4.98 Å². The number of ether oxygens (including phenoxy) is 1. The Labute approximate surface area is 166 Å². The number of hydrogen-bond acceptors (Lipinski definition) is 3. The maximum absolute atomic E-state index is 12.8. The first-order valence-electron chi connectivity index (χ1n) is 9.94. The largest absolute Gasteiger partial charge is 0.487 e. The number of fused-ring (bicyclic) bond motifs is 1. The van der Waals surface area contributed by atoms with E-state index in [0.717, 1.165) is 35.7 Å². The summed E-state index contributed by atoms with van der Waals surface area (Å²) in [6.45, 7) is 8.57. The van der Waals surface area contributed by atoms with Crippen LogP contribution in [0.25, 0.3) is 5.65 Å². The van der Waals surface area contributed by atoms with Gasteiger partial charge in [-0.1, -0.05) is 19.9 Å². The summed E-state index contributed by atoms with van der Waals surface area (Å²) in [5, 5.41) is 0. The van der Waals surface area contributed by atoms with Crippen LogP contribution in [0.2, 0.25) is 0 Å². The second-order valence-corrected chi connectivity index (χ2v) is 8.17. The number of benzene rings is 1. The van der Waals surface area contributed by atoms with Gasteiger partial charge in [-0.3, -0.25) is 4.79 Å². The molecule has 3 heterocycles. The molecule has 1 aromatic carbocycles. The summed E-state index contributed by atoms with van der Waals surface area (Å²) in [5.74, 6) is 1.97.